The molecule has 2 rings (SSSR count). The molecule has 112 valence electrons. The van der Waals surface area contributed by atoms with E-state index >= 15 is 0 Å². The summed E-state index contributed by atoms with van der Waals surface area (Å²) < 4.78 is 27.0. The molecule has 0 atom stereocenters. The number of carbonyl (C=O) groups is 1. The van der Waals surface area contributed by atoms with E-state index < -0.39 is 15.9 Å². The molecule has 21 heavy (non-hydrogen) atoms. The molecule has 1 amide bonds. The molecule has 6 nitrogen and oxygen atoms in total. The quantitative estimate of drug-likeness (QED) is 0.868. The zero-order valence-electron chi connectivity index (χ0n) is 10.6. The van der Waals surface area contributed by atoms with Gasteiger partial charge in [0, 0.05) is 0 Å². The van der Waals surface area contributed by atoms with Crippen LogP contribution in [0, 0.1) is 6.92 Å². The van der Waals surface area contributed by atoms with E-state index in [4.69, 9.17) is 28.9 Å². The number of carbonyl (C=O) groups excluding carboxylic acids is 1. The van der Waals surface area contributed by atoms with Gasteiger partial charge in [-0.05, 0) is 25.1 Å². The molecule has 1 aromatic heterocycles. The van der Waals surface area contributed by atoms with E-state index in [0.717, 1.165) is 11.3 Å². The lowest BCUT2D eigenvalue weighted by atomic mass is 10.2. The third-order valence-corrected chi connectivity index (χ3v) is 6.02. The Hall–Kier alpha value is -1.35. The van der Waals surface area contributed by atoms with Crippen LogP contribution in [0.3, 0.4) is 0 Å². The van der Waals surface area contributed by atoms with Gasteiger partial charge in [0.05, 0.1) is 22.0 Å². The summed E-state index contributed by atoms with van der Waals surface area (Å²) in [5, 5.41) is 0.0572. The number of halogens is 2. The lowest BCUT2D eigenvalue weighted by Crippen LogP contribution is -2.14. The number of aryl methyl sites for hydroxylation is 1. The van der Waals surface area contributed by atoms with Gasteiger partial charge in [-0.2, -0.15) is 0 Å². The van der Waals surface area contributed by atoms with Crippen molar-refractivity contribution >= 4 is 56.2 Å². The van der Waals surface area contributed by atoms with Crippen molar-refractivity contribution in [2.75, 3.05) is 4.72 Å². The lowest BCUT2D eigenvalue weighted by molar-refractivity contribution is 0.100. The molecule has 0 radical (unpaired) electrons. The van der Waals surface area contributed by atoms with Crippen molar-refractivity contribution in [2.45, 2.75) is 11.1 Å². The highest BCUT2D eigenvalue weighted by molar-refractivity contribution is 7.94. The van der Waals surface area contributed by atoms with Crippen LogP contribution in [0.2, 0.25) is 9.49 Å². The minimum absolute atomic E-state index is 0.0163. The SMILES string of the molecule is Cc1nc(Cl)sc1S(=O)(=O)Nc1ccc(C(N)=O)c(Cl)c1. The summed E-state index contributed by atoms with van der Waals surface area (Å²) in [5.41, 5.74) is 5.74. The Balaban J connectivity index is 2.35. The van der Waals surface area contributed by atoms with Crippen LogP contribution >= 0.6 is 34.5 Å². The second-order valence-electron chi connectivity index (χ2n) is 4.00. The van der Waals surface area contributed by atoms with Crippen LogP contribution in [0.4, 0.5) is 5.69 Å². The molecular formula is C11H9Cl2N3O3S2. The van der Waals surface area contributed by atoms with Crippen molar-refractivity contribution in [3.8, 4) is 0 Å². The largest absolute Gasteiger partial charge is 0.366 e. The zero-order chi connectivity index (χ0) is 15.8. The Bertz CT molecular complexity index is 818. The highest BCUT2D eigenvalue weighted by Gasteiger charge is 2.22. The molecule has 0 bridgehead atoms. The van der Waals surface area contributed by atoms with Crippen molar-refractivity contribution in [3.63, 3.8) is 0 Å². The number of hydrogen-bond acceptors (Lipinski definition) is 5. The number of aromatic nitrogens is 1. The minimum Gasteiger partial charge on any atom is -0.366 e. The summed E-state index contributed by atoms with van der Waals surface area (Å²) in [7, 11) is -3.83. The molecular weight excluding hydrogens is 357 g/mol. The van der Waals surface area contributed by atoms with Gasteiger partial charge in [-0.15, -0.1) is 0 Å². The van der Waals surface area contributed by atoms with Crippen molar-refractivity contribution in [3.05, 3.63) is 38.9 Å². The van der Waals surface area contributed by atoms with Crippen LogP contribution in [0.5, 0.6) is 0 Å². The molecule has 1 heterocycles. The summed E-state index contributed by atoms with van der Waals surface area (Å²) in [6.07, 6.45) is 0. The number of thiazole rings is 1. The fourth-order valence-corrected chi connectivity index (χ4v) is 4.64. The molecule has 0 spiro atoms. The van der Waals surface area contributed by atoms with Crippen molar-refractivity contribution in [2.24, 2.45) is 5.73 Å². The zero-order valence-corrected chi connectivity index (χ0v) is 13.7. The molecule has 0 saturated carbocycles. The van der Waals surface area contributed by atoms with Crippen molar-refractivity contribution in [1.82, 2.24) is 4.98 Å². The first-order chi connectivity index (χ1) is 9.70. The molecule has 0 saturated heterocycles. The van der Waals surface area contributed by atoms with Crippen LogP contribution in [0.25, 0.3) is 0 Å². The maximum Gasteiger partial charge on any atom is 0.273 e. The van der Waals surface area contributed by atoms with Gasteiger partial charge in [0.25, 0.3) is 10.0 Å². The van der Waals surface area contributed by atoms with Crippen LogP contribution in [0.15, 0.2) is 22.4 Å². The van der Waals surface area contributed by atoms with E-state index in [-0.39, 0.29) is 24.9 Å². The smallest absolute Gasteiger partial charge is 0.273 e. The topological polar surface area (TPSA) is 102 Å². The molecule has 0 aliphatic heterocycles. The van der Waals surface area contributed by atoms with Crippen LogP contribution in [-0.2, 0) is 10.0 Å². The van der Waals surface area contributed by atoms with E-state index in [0.29, 0.717) is 5.69 Å². The number of hydrogen-bond donors (Lipinski definition) is 2. The average Bonchev–Trinajstić information content (AvgIpc) is 2.68. The van der Waals surface area contributed by atoms with Crippen molar-refractivity contribution in [1.29, 1.82) is 0 Å². The van der Waals surface area contributed by atoms with Crippen molar-refractivity contribution < 1.29 is 13.2 Å². The number of benzene rings is 1. The van der Waals surface area contributed by atoms with Crippen LogP contribution in [0.1, 0.15) is 16.1 Å². The number of anilines is 1. The maximum atomic E-state index is 12.2. The molecule has 3 N–H and O–H groups in total. The summed E-state index contributed by atoms with van der Waals surface area (Å²) in [6.45, 7) is 1.54. The highest BCUT2D eigenvalue weighted by Crippen LogP contribution is 2.29. The number of sulfonamides is 1. The number of amides is 1. The Labute approximate surface area is 134 Å². The van der Waals surface area contributed by atoms with Gasteiger partial charge >= 0.3 is 0 Å². The number of rotatable bonds is 4. The van der Waals surface area contributed by atoms with Crippen LogP contribution in [-0.4, -0.2) is 19.3 Å². The molecule has 0 aliphatic rings. The van der Waals surface area contributed by atoms with Crippen LogP contribution < -0.4 is 10.5 Å². The Morgan fingerprint density at radius 1 is 1.38 bits per heavy atom. The van der Waals surface area contributed by atoms with Gasteiger partial charge in [-0.25, -0.2) is 13.4 Å². The third kappa shape index (κ3) is 3.46. The predicted octanol–water partition coefficient (Wildman–Crippen LogP) is 2.66. The lowest BCUT2D eigenvalue weighted by Gasteiger charge is -2.08. The van der Waals surface area contributed by atoms with E-state index in [1.807, 2.05) is 0 Å². The standard InChI is InChI=1S/C11H9Cl2N3O3S2/c1-5-10(20-11(13)15-5)21(18,19)16-6-2-3-7(9(14)17)8(12)4-6/h2-4,16H,1H3,(H2,14,17). The van der Waals surface area contributed by atoms with E-state index in [1.54, 1.807) is 6.92 Å². The monoisotopic (exact) mass is 365 g/mol. The Kier molecular flexibility index (Phi) is 4.43. The third-order valence-electron chi connectivity index (χ3n) is 2.46. The first-order valence-corrected chi connectivity index (χ1v) is 8.51. The Morgan fingerprint density at radius 3 is 2.52 bits per heavy atom. The average molecular weight is 366 g/mol. The summed E-state index contributed by atoms with van der Waals surface area (Å²) in [4.78, 5) is 14.9. The molecule has 10 heteroatoms. The molecule has 0 unspecified atom stereocenters. The number of nitrogens with zero attached hydrogens (tertiary/aromatic N) is 1. The molecule has 1 aromatic carbocycles. The van der Waals surface area contributed by atoms with Gasteiger partial charge in [-0.3, -0.25) is 9.52 Å². The summed E-state index contributed by atoms with van der Waals surface area (Å²) in [5.74, 6) is -0.695. The van der Waals surface area contributed by atoms with Gasteiger partial charge < -0.3 is 5.73 Å². The normalized spacial score (nSPS) is 11.4. The van der Waals surface area contributed by atoms with E-state index in [9.17, 15) is 13.2 Å². The number of nitrogens with one attached hydrogen (secondary N) is 1. The van der Waals surface area contributed by atoms with E-state index in [1.165, 1.54) is 18.2 Å². The summed E-state index contributed by atoms with van der Waals surface area (Å²) in [6, 6.07) is 4.04. The second kappa shape index (κ2) is 5.80. The minimum atomic E-state index is -3.83. The van der Waals surface area contributed by atoms with Gasteiger partial charge in [0.15, 0.2) is 8.68 Å². The van der Waals surface area contributed by atoms with E-state index in [2.05, 4.69) is 9.71 Å². The number of nitrogens with two attached hydrogens (primary N) is 1. The Morgan fingerprint density at radius 2 is 2.05 bits per heavy atom. The fraction of sp³-hybridized carbons (Fsp3) is 0.0909. The fourth-order valence-electron chi connectivity index (χ4n) is 1.58. The second-order valence-corrected chi connectivity index (χ2v) is 7.87. The molecule has 0 aliphatic carbocycles. The maximum absolute atomic E-state index is 12.2. The first kappa shape index (κ1) is 16.0. The van der Waals surface area contributed by atoms with Gasteiger partial charge in [0.1, 0.15) is 0 Å². The first-order valence-electron chi connectivity index (χ1n) is 5.46. The predicted molar refractivity (Wildman–Crippen MR) is 82.6 cm³/mol. The van der Waals surface area contributed by atoms with Gasteiger partial charge in [0.2, 0.25) is 5.91 Å². The molecule has 0 fully saturated rings. The number of primary amides is 1. The highest BCUT2D eigenvalue weighted by atomic mass is 35.5. The molecule has 2 aromatic rings. The van der Waals surface area contributed by atoms with Gasteiger partial charge in [-0.1, -0.05) is 34.5 Å². The summed E-state index contributed by atoms with van der Waals surface area (Å²) >= 11 is 12.4.